The van der Waals surface area contributed by atoms with Crippen molar-refractivity contribution in [3.63, 3.8) is 0 Å². The number of nitrogens with one attached hydrogen (secondary N) is 1. The lowest BCUT2D eigenvalue weighted by atomic mass is 10.1. The Kier molecular flexibility index (Phi) is 5.76. The quantitative estimate of drug-likeness (QED) is 0.832. The molecule has 2 N–H and O–H groups in total. The molecule has 0 fully saturated rings. The van der Waals surface area contributed by atoms with Gasteiger partial charge >= 0.3 is 0 Å². The van der Waals surface area contributed by atoms with Gasteiger partial charge in [0.25, 0.3) is 5.91 Å². The number of halogens is 1. The molecule has 0 bridgehead atoms. The Labute approximate surface area is 112 Å². The van der Waals surface area contributed by atoms with Crippen LogP contribution in [0, 0.1) is 5.82 Å². The molecule has 106 valence electrons. The standard InChI is InChI=1S/C14H20FNO3/c1-4-9(2)16-14(18)8-19-11-5-6-12(10(3)17)13(15)7-11/h5-7,9-10,17H,4,8H2,1-3H3,(H,16,18)/t9?,10-/m1/s1. The fourth-order valence-corrected chi connectivity index (χ4v) is 1.50. The normalized spacial score (nSPS) is 13.7. The molecule has 0 aliphatic rings. The van der Waals surface area contributed by atoms with E-state index in [-0.39, 0.29) is 29.9 Å². The third-order valence-corrected chi connectivity index (χ3v) is 2.81. The summed E-state index contributed by atoms with van der Waals surface area (Å²) < 4.78 is 18.7. The monoisotopic (exact) mass is 269 g/mol. The number of amides is 1. The Balaban J connectivity index is 2.54. The third kappa shape index (κ3) is 4.87. The number of ether oxygens (including phenoxy) is 1. The van der Waals surface area contributed by atoms with E-state index < -0.39 is 11.9 Å². The van der Waals surface area contributed by atoms with E-state index in [1.807, 2.05) is 13.8 Å². The Morgan fingerprint density at radius 2 is 2.16 bits per heavy atom. The zero-order valence-corrected chi connectivity index (χ0v) is 11.4. The summed E-state index contributed by atoms with van der Waals surface area (Å²) in [5, 5.41) is 12.0. The highest BCUT2D eigenvalue weighted by Gasteiger charge is 2.10. The van der Waals surface area contributed by atoms with E-state index in [1.165, 1.54) is 25.1 Å². The van der Waals surface area contributed by atoms with Crippen LogP contribution in [-0.4, -0.2) is 23.7 Å². The summed E-state index contributed by atoms with van der Waals surface area (Å²) >= 11 is 0. The van der Waals surface area contributed by atoms with Gasteiger partial charge in [-0.2, -0.15) is 0 Å². The second-order valence-corrected chi connectivity index (χ2v) is 4.52. The lowest BCUT2D eigenvalue weighted by molar-refractivity contribution is -0.123. The van der Waals surface area contributed by atoms with Gasteiger partial charge < -0.3 is 15.2 Å². The maximum absolute atomic E-state index is 13.5. The minimum Gasteiger partial charge on any atom is -0.484 e. The van der Waals surface area contributed by atoms with Gasteiger partial charge in [0.15, 0.2) is 6.61 Å². The number of carbonyl (C=O) groups is 1. The van der Waals surface area contributed by atoms with Gasteiger partial charge in [-0.25, -0.2) is 4.39 Å². The molecule has 1 rings (SSSR count). The van der Waals surface area contributed by atoms with Crippen LogP contribution in [0.1, 0.15) is 38.9 Å². The highest BCUT2D eigenvalue weighted by atomic mass is 19.1. The molecule has 5 heteroatoms. The van der Waals surface area contributed by atoms with Crippen LogP contribution in [0.4, 0.5) is 4.39 Å². The molecule has 0 saturated carbocycles. The van der Waals surface area contributed by atoms with Crippen molar-refractivity contribution in [2.24, 2.45) is 0 Å². The predicted octanol–water partition coefficient (Wildman–Crippen LogP) is 2.17. The molecule has 1 aromatic rings. The minimum absolute atomic E-state index is 0.0884. The summed E-state index contributed by atoms with van der Waals surface area (Å²) in [7, 11) is 0. The summed E-state index contributed by atoms with van der Waals surface area (Å²) in [5.74, 6) is -0.523. The molecule has 1 unspecified atom stereocenters. The average molecular weight is 269 g/mol. The van der Waals surface area contributed by atoms with Gasteiger partial charge in [-0.15, -0.1) is 0 Å². The van der Waals surface area contributed by atoms with Crippen molar-refractivity contribution in [2.75, 3.05) is 6.61 Å². The number of aliphatic hydroxyl groups excluding tert-OH is 1. The number of aliphatic hydroxyl groups is 1. The molecular formula is C14H20FNO3. The van der Waals surface area contributed by atoms with Crippen LogP contribution in [0.25, 0.3) is 0 Å². The lowest BCUT2D eigenvalue weighted by Crippen LogP contribution is -2.35. The van der Waals surface area contributed by atoms with E-state index in [1.54, 1.807) is 0 Å². The third-order valence-electron chi connectivity index (χ3n) is 2.81. The molecule has 1 amide bonds. The second kappa shape index (κ2) is 7.09. The van der Waals surface area contributed by atoms with Gasteiger partial charge in [0.1, 0.15) is 11.6 Å². The van der Waals surface area contributed by atoms with Crippen molar-refractivity contribution in [3.05, 3.63) is 29.6 Å². The van der Waals surface area contributed by atoms with Crippen LogP contribution in [0.15, 0.2) is 18.2 Å². The zero-order chi connectivity index (χ0) is 14.4. The topological polar surface area (TPSA) is 58.6 Å². The van der Waals surface area contributed by atoms with Crippen molar-refractivity contribution in [2.45, 2.75) is 39.3 Å². The second-order valence-electron chi connectivity index (χ2n) is 4.52. The van der Waals surface area contributed by atoms with Gasteiger partial charge in [0.2, 0.25) is 0 Å². The van der Waals surface area contributed by atoms with E-state index in [9.17, 15) is 14.3 Å². The van der Waals surface area contributed by atoms with Crippen LogP contribution < -0.4 is 10.1 Å². The first-order valence-electron chi connectivity index (χ1n) is 6.33. The van der Waals surface area contributed by atoms with Crippen LogP contribution in [0.3, 0.4) is 0 Å². The van der Waals surface area contributed by atoms with Crippen molar-refractivity contribution in [1.82, 2.24) is 5.32 Å². The van der Waals surface area contributed by atoms with E-state index in [0.717, 1.165) is 6.42 Å². The van der Waals surface area contributed by atoms with Gasteiger partial charge in [0.05, 0.1) is 6.10 Å². The predicted molar refractivity (Wildman–Crippen MR) is 70.4 cm³/mol. The van der Waals surface area contributed by atoms with Gasteiger partial charge in [-0.05, 0) is 32.4 Å². The molecule has 1 aromatic carbocycles. The zero-order valence-electron chi connectivity index (χ0n) is 11.4. The van der Waals surface area contributed by atoms with E-state index >= 15 is 0 Å². The molecule has 2 atom stereocenters. The summed E-state index contributed by atoms with van der Waals surface area (Å²) in [6.45, 7) is 5.20. The van der Waals surface area contributed by atoms with Crippen LogP contribution in [-0.2, 0) is 4.79 Å². The molecule has 0 radical (unpaired) electrons. The molecule has 0 saturated heterocycles. The molecule has 0 spiro atoms. The minimum atomic E-state index is -0.872. The smallest absolute Gasteiger partial charge is 0.258 e. The van der Waals surface area contributed by atoms with Crippen molar-refractivity contribution < 1.29 is 19.0 Å². The molecule has 0 aromatic heterocycles. The average Bonchev–Trinajstić information content (AvgIpc) is 2.35. The maximum Gasteiger partial charge on any atom is 0.258 e. The van der Waals surface area contributed by atoms with Gasteiger partial charge in [-0.1, -0.05) is 6.92 Å². The Hall–Kier alpha value is -1.62. The summed E-state index contributed by atoms with van der Waals surface area (Å²) in [6.07, 6.45) is -0.0357. The molecule has 0 aliphatic heterocycles. The van der Waals surface area contributed by atoms with E-state index in [0.29, 0.717) is 0 Å². The van der Waals surface area contributed by atoms with Gasteiger partial charge in [0, 0.05) is 17.7 Å². The SMILES string of the molecule is CCC(C)NC(=O)COc1ccc([C@@H](C)O)c(F)c1. The first-order chi connectivity index (χ1) is 8.93. The number of hydrogen-bond donors (Lipinski definition) is 2. The summed E-state index contributed by atoms with van der Waals surface area (Å²) in [6, 6.07) is 4.23. The molecule has 19 heavy (non-hydrogen) atoms. The van der Waals surface area contributed by atoms with Gasteiger partial charge in [-0.3, -0.25) is 4.79 Å². The first-order valence-corrected chi connectivity index (χ1v) is 6.33. The number of benzene rings is 1. The molecule has 0 aliphatic carbocycles. The summed E-state index contributed by atoms with van der Waals surface area (Å²) in [5.41, 5.74) is 0.205. The lowest BCUT2D eigenvalue weighted by Gasteiger charge is -2.13. The molecule has 4 nitrogen and oxygen atoms in total. The maximum atomic E-state index is 13.5. The van der Waals surface area contributed by atoms with Crippen molar-refractivity contribution in [1.29, 1.82) is 0 Å². The van der Waals surface area contributed by atoms with Crippen molar-refractivity contribution >= 4 is 5.91 Å². The van der Waals surface area contributed by atoms with Crippen LogP contribution in [0.2, 0.25) is 0 Å². The Bertz CT molecular complexity index is 435. The van der Waals surface area contributed by atoms with Crippen molar-refractivity contribution in [3.8, 4) is 5.75 Å². The van der Waals surface area contributed by atoms with E-state index in [2.05, 4.69) is 5.32 Å². The molecular weight excluding hydrogens is 249 g/mol. The molecule has 0 heterocycles. The fraction of sp³-hybridized carbons (Fsp3) is 0.500. The van der Waals surface area contributed by atoms with E-state index in [4.69, 9.17) is 4.74 Å². The Morgan fingerprint density at radius 1 is 1.47 bits per heavy atom. The largest absolute Gasteiger partial charge is 0.484 e. The Morgan fingerprint density at radius 3 is 2.68 bits per heavy atom. The fourth-order valence-electron chi connectivity index (χ4n) is 1.50. The number of carbonyl (C=O) groups excluding carboxylic acids is 1. The first kappa shape index (κ1) is 15.4. The summed E-state index contributed by atoms with van der Waals surface area (Å²) in [4.78, 5) is 11.5. The number of rotatable bonds is 6. The van der Waals surface area contributed by atoms with Crippen LogP contribution >= 0.6 is 0 Å². The number of hydrogen-bond acceptors (Lipinski definition) is 3. The van der Waals surface area contributed by atoms with Crippen LogP contribution in [0.5, 0.6) is 5.75 Å². The highest BCUT2D eigenvalue weighted by molar-refractivity contribution is 5.77. The highest BCUT2D eigenvalue weighted by Crippen LogP contribution is 2.21.